The highest BCUT2D eigenvalue weighted by molar-refractivity contribution is 6.00. The molecule has 0 spiro atoms. The maximum absolute atomic E-state index is 12.3. The zero-order valence-corrected chi connectivity index (χ0v) is 14.6. The van der Waals surface area contributed by atoms with E-state index in [1.165, 1.54) is 10.6 Å². The number of hydrogen-bond donors (Lipinski definition) is 3. The van der Waals surface area contributed by atoms with Crippen LogP contribution in [0.1, 0.15) is 36.5 Å². The Kier molecular flexibility index (Phi) is 4.97. The summed E-state index contributed by atoms with van der Waals surface area (Å²) in [5.41, 5.74) is 3.30. The minimum absolute atomic E-state index is 0.130. The first kappa shape index (κ1) is 17.6. The van der Waals surface area contributed by atoms with Gasteiger partial charge >= 0.3 is 6.03 Å². The number of rotatable bonds is 3. The van der Waals surface area contributed by atoms with Crippen LogP contribution in [0.2, 0.25) is 0 Å². The summed E-state index contributed by atoms with van der Waals surface area (Å²) in [5, 5.41) is 15.5. The second-order valence-electron chi connectivity index (χ2n) is 6.28. The Balaban J connectivity index is 2.23. The lowest BCUT2D eigenvalue weighted by Gasteiger charge is -2.15. The lowest BCUT2D eigenvalue weighted by atomic mass is 9.99. The number of amides is 2. The molecule has 1 heterocycles. The number of anilines is 2. The molecule has 128 valence electrons. The maximum atomic E-state index is 12.3. The van der Waals surface area contributed by atoms with Crippen molar-refractivity contribution in [3.63, 3.8) is 0 Å². The molecule has 0 unspecified atom stereocenters. The molecule has 3 N–H and O–H groups in total. The molecule has 2 amide bonds. The van der Waals surface area contributed by atoms with Crippen molar-refractivity contribution in [1.29, 1.82) is 0 Å². The van der Waals surface area contributed by atoms with Crippen LogP contribution in [0.25, 0.3) is 0 Å². The second kappa shape index (κ2) is 6.78. The smallest absolute Gasteiger partial charge is 0.323 e. The number of carbonyl (C=O) groups excluding carboxylic acids is 1. The number of aryl methyl sites for hydroxylation is 3. The Morgan fingerprint density at radius 1 is 1.08 bits per heavy atom. The lowest BCUT2D eigenvalue weighted by molar-refractivity contribution is 0.262. The van der Waals surface area contributed by atoms with Crippen molar-refractivity contribution < 1.29 is 9.90 Å². The van der Waals surface area contributed by atoms with Crippen LogP contribution in [0.15, 0.2) is 29.2 Å². The van der Waals surface area contributed by atoms with Gasteiger partial charge in [-0.05, 0) is 48.6 Å². The minimum Gasteiger partial charge on any atom is -0.508 e. The first-order chi connectivity index (χ1) is 11.2. The van der Waals surface area contributed by atoms with Crippen molar-refractivity contribution in [3.8, 4) is 5.75 Å². The zero-order chi connectivity index (χ0) is 18.0. The van der Waals surface area contributed by atoms with Gasteiger partial charge in [0.1, 0.15) is 5.75 Å². The Hall–Kier alpha value is -2.76. The lowest BCUT2D eigenvalue weighted by Crippen LogP contribution is -2.23. The van der Waals surface area contributed by atoms with Crippen LogP contribution in [0.3, 0.4) is 0 Å². The molecule has 0 aliphatic carbocycles. The van der Waals surface area contributed by atoms with Crippen LogP contribution in [-0.4, -0.2) is 15.7 Å². The number of carbonyl (C=O) groups is 1. The number of pyridine rings is 1. The molecule has 0 saturated carbocycles. The molecule has 0 radical (unpaired) electrons. The Labute approximate surface area is 141 Å². The Bertz CT molecular complexity index is 838. The summed E-state index contributed by atoms with van der Waals surface area (Å²) < 4.78 is 1.41. The molecule has 0 fully saturated rings. The molecule has 2 rings (SSSR count). The van der Waals surface area contributed by atoms with Gasteiger partial charge in [0, 0.05) is 25.0 Å². The quantitative estimate of drug-likeness (QED) is 0.754. The largest absolute Gasteiger partial charge is 0.508 e. The number of aromatic hydroxyl groups is 1. The molecule has 24 heavy (non-hydrogen) atoms. The van der Waals surface area contributed by atoms with Gasteiger partial charge in [-0.15, -0.1) is 0 Å². The van der Waals surface area contributed by atoms with Crippen LogP contribution in [0.5, 0.6) is 5.75 Å². The molecule has 0 atom stereocenters. The first-order valence-corrected chi connectivity index (χ1v) is 7.77. The van der Waals surface area contributed by atoms with Gasteiger partial charge in [0.05, 0.1) is 5.69 Å². The van der Waals surface area contributed by atoms with E-state index in [9.17, 15) is 14.7 Å². The number of hydrogen-bond acceptors (Lipinski definition) is 3. The fraction of sp³-hybridized carbons (Fsp3) is 0.333. The molecular weight excluding hydrogens is 306 g/mol. The van der Waals surface area contributed by atoms with Gasteiger partial charge < -0.3 is 20.3 Å². The molecule has 1 aromatic carbocycles. The van der Waals surface area contributed by atoms with E-state index in [1.807, 2.05) is 20.8 Å². The zero-order valence-electron chi connectivity index (χ0n) is 14.6. The summed E-state index contributed by atoms with van der Waals surface area (Å²) >= 11 is 0. The Morgan fingerprint density at radius 2 is 1.67 bits per heavy atom. The second-order valence-corrected chi connectivity index (χ2v) is 6.28. The Morgan fingerprint density at radius 3 is 2.29 bits per heavy atom. The van der Waals surface area contributed by atoms with Crippen molar-refractivity contribution in [3.05, 3.63) is 51.4 Å². The number of nitrogens with one attached hydrogen (secondary N) is 2. The molecule has 6 nitrogen and oxygen atoms in total. The van der Waals surface area contributed by atoms with Crippen molar-refractivity contribution in [2.45, 2.75) is 33.6 Å². The van der Waals surface area contributed by atoms with E-state index in [1.54, 1.807) is 32.3 Å². The molecular formula is C18H23N3O3. The van der Waals surface area contributed by atoms with E-state index in [0.717, 1.165) is 11.1 Å². The van der Waals surface area contributed by atoms with E-state index in [0.29, 0.717) is 16.9 Å². The van der Waals surface area contributed by atoms with Crippen molar-refractivity contribution >= 4 is 17.4 Å². The van der Waals surface area contributed by atoms with Crippen LogP contribution in [-0.2, 0) is 7.05 Å². The van der Waals surface area contributed by atoms with Crippen LogP contribution in [0.4, 0.5) is 16.2 Å². The van der Waals surface area contributed by atoms with Gasteiger partial charge in [0.2, 0.25) is 0 Å². The number of benzene rings is 1. The van der Waals surface area contributed by atoms with E-state index >= 15 is 0 Å². The number of aromatic nitrogens is 1. The summed E-state index contributed by atoms with van der Waals surface area (Å²) in [4.78, 5) is 23.8. The third-order valence-electron chi connectivity index (χ3n) is 3.93. The molecule has 6 heteroatoms. The third kappa shape index (κ3) is 3.76. The molecule has 2 aromatic rings. The van der Waals surface area contributed by atoms with E-state index in [-0.39, 0.29) is 17.2 Å². The molecule has 0 bridgehead atoms. The predicted octanol–water partition coefficient (Wildman–Crippen LogP) is 3.48. The fourth-order valence-electron chi connectivity index (χ4n) is 2.44. The number of nitrogens with zero attached hydrogens (tertiary/aromatic N) is 1. The van der Waals surface area contributed by atoms with Gasteiger partial charge in [-0.3, -0.25) is 4.79 Å². The normalized spacial score (nSPS) is 10.8. The highest BCUT2D eigenvalue weighted by Gasteiger charge is 2.13. The average Bonchev–Trinajstić information content (AvgIpc) is 2.47. The maximum Gasteiger partial charge on any atom is 0.323 e. The molecule has 0 aliphatic heterocycles. The van der Waals surface area contributed by atoms with Crippen LogP contribution in [0, 0.1) is 13.8 Å². The summed E-state index contributed by atoms with van der Waals surface area (Å²) in [6.07, 6.45) is 1.58. The number of phenolic OH excluding ortho intramolecular Hbond substituents is 1. The molecule has 0 aliphatic rings. The topological polar surface area (TPSA) is 83.4 Å². The number of urea groups is 1. The molecule has 0 saturated heterocycles. The van der Waals surface area contributed by atoms with Gasteiger partial charge in [0.15, 0.2) is 0 Å². The monoisotopic (exact) mass is 329 g/mol. The standard InChI is InChI=1S/C18H23N3O3/c1-10(2)13-8-14(11(3)6-16(13)22)19-18(24)20-15-9-21(5)17(23)7-12(15)4/h6-10,22H,1-5H3,(H2,19,20,24). The summed E-state index contributed by atoms with van der Waals surface area (Å²) in [6, 6.07) is 4.49. The predicted molar refractivity (Wildman–Crippen MR) is 96.0 cm³/mol. The first-order valence-electron chi connectivity index (χ1n) is 7.77. The van der Waals surface area contributed by atoms with Crippen molar-refractivity contribution in [2.24, 2.45) is 7.05 Å². The summed E-state index contributed by atoms with van der Waals surface area (Å²) in [7, 11) is 1.63. The minimum atomic E-state index is -0.403. The van der Waals surface area contributed by atoms with Gasteiger partial charge in [0.25, 0.3) is 5.56 Å². The van der Waals surface area contributed by atoms with Crippen molar-refractivity contribution in [2.75, 3.05) is 10.6 Å². The van der Waals surface area contributed by atoms with Crippen LogP contribution < -0.4 is 16.2 Å². The highest BCUT2D eigenvalue weighted by atomic mass is 16.3. The number of phenols is 1. The van der Waals surface area contributed by atoms with Gasteiger partial charge in [-0.1, -0.05) is 13.8 Å². The van der Waals surface area contributed by atoms with Gasteiger partial charge in [-0.25, -0.2) is 4.79 Å². The van der Waals surface area contributed by atoms with E-state index in [4.69, 9.17) is 0 Å². The van der Waals surface area contributed by atoms with Crippen LogP contribution >= 0.6 is 0 Å². The fourth-order valence-corrected chi connectivity index (χ4v) is 2.44. The summed E-state index contributed by atoms with van der Waals surface area (Å²) in [6.45, 7) is 7.53. The molecule has 1 aromatic heterocycles. The van der Waals surface area contributed by atoms with E-state index in [2.05, 4.69) is 10.6 Å². The van der Waals surface area contributed by atoms with Crippen molar-refractivity contribution in [1.82, 2.24) is 4.57 Å². The SMILES string of the molecule is Cc1cc(O)c(C(C)C)cc1NC(=O)Nc1cn(C)c(=O)cc1C. The van der Waals surface area contributed by atoms with E-state index < -0.39 is 6.03 Å². The summed E-state index contributed by atoms with van der Waals surface area (Å²) in [5.74, 6) is 0.363. The van der Waals surface area contributed by atoms with Gasteiger partial charge in [-0.2, -0.15) is 0 Å². The highest BCUT2D eigenvalue weighted by Crippen LogP contribution is 2.31. The average molecular weight is 329 g/mol. The third-order valence-corrected chi connectivity index (χ3v) is 3.93.